The monoisotopic (exact) mass is 1050 g/mol. The summed E-state index contributed by atoms with van der Waals surface area (Å²) in [5, 5.41) is 12.9. The molecule has 0 nitrogen and oxygen atoms in total. The van der Waals surface area contributed by atoms with E-state index in [0.29, 0.717) is 13.2 Å². The summed E-state index contributed by atoms with van der Waals surface area (Å²) in [6.45, 7) is 0. The normalized spacial score (nSPS) is 10.4. The molecule has 9 rings (SSSR count). The Bertz CT molecular complexity index is 1890. The van der Waals surface area contributed by atoms with Gasteiger partial charge in [0.05, 0.1) is 23.8 Å². The van der Waals surface area contributed by atoms with Gasteiger partial charge in [0.2, 0.25) is 0 Å². The molecule has 6 heteroatoms. The molecule has 0 aliphatic carbocycles. The molecule has 0 saturated carbocycles. The van der Waals surface area contributed by atoms with Crippen molar-refractivity contribution in [2.45, 2.75) is 0 Å². The van der Waals surface area contributed by atoms with Gasteiger partial charge in [-0.1, -0.05) is 164 Å². The molecule has 0 unspecified atom stereocenters. The Hall–Kier alpha value is -4.15. The van der Waals surface area contributed by atoms with Crippen LogP contribution in [0.4, 0.5) is 0 Å². The molecule has 0 N–H and O–H groups in total. The van der Waals surface area contributed by atoms with Crippen molar-refractivity contribution in [2.24, 2.45) is 0 Å². The molecule has 0 atom stereocenters. The maximum absolute atomic E-state index is 3.15. The summed E-state index contributed by atoms with van der Waals surface area (Å²) in [6, 6.07) is 97.5. The zero-order chi connectivity index (χ0) is 41.5. The molecule has 0 heterocycles. The van der Waals surface area contributed by atoms with Crippen molar-refractivity contribution in [1.82, 2.24) is 0 Å². The molecular formula is C54H48Br2P3Ru+3. The van der Waals surface area contributed by atoms with E-state index in [1.54, 1.807) is 0 Å². The van der Waals surface area contributed by atoms with Gasteiger partial charge in [-0.3, -0.25) is 0 Å². The van der Waals surface area contributed by atoms with Gasteiger partial charge in [-0.25, -0.2) is 0 Å². The van der Waals surface area contributed by atoms with Crippen LogP contribution in [-0.4, -0.2) is 0 Å². The Morgan fingerprint density at radius 2 is 0.267 bits per heavy atom. The van der Waals surface area contributed by atoms with Gasteiger partial charge < -0.3 is 0 Å². The minimum atomic E-state index is -0.877. The number of benzene rings is 9. The Labute approximate surface area is 381 Å². The van der Waals surface area contributed by atoms with Gasteiger partial charge in [0, 0.05) is 0 Å². The van der Waals surface area contributed by atoms with Gasteiger partial charge in [-0.15, -0.1) is 0 Å². The van der Waals surface area contributed by atoms with Gasteiger partial charge >= 0.3 is 40.5 Å². The van der Waals surface area contributed by atoms with Crippen LogP contribution in [0.2, 0.25) is 0 Å². The fourth-order valence-electron chi connectivity index (χ4n) is 6.94. The van der Waals surface area contributed by atoms with E-state index in [1.165, 1.54) is 47.7 Å². The first kappa shape index (κ1) is 45.4. The summed E-state index contributed by atoms with van der Waals surface area (Å²) in [7, 11) is -2.63. The number of hydrogen-bond donors (Lipinski definition) is 0. The predicted octanol–water partition coefficient (Wildman–Crippen LogP) is 11.2. The van der Waals surface area contributed by atoms with E-state index in [1.807, 2.05) is 0 Å². The zero-order valence-electron chi connectivity index (χ0n) is 33.1. The molecule has 0 aliphatic heterocycles. The third-order valence-corrected chi connectivity index (χ3v) is 17.8. The van der Waals surface area contributed by atoms with E-state index >= 15 is 0 Å². The van der Waals surface area contributed by atoms with E-state index in [0.717, 1.165) is 0 Å². The van der Waals surface area contributed by atoms with E-state index in [4.69, 9.17) is 0 Å². The van der Waals surface area contributed by atoms with Crippen LogP contribution in [0.15, 0.2) is 273 Å². The minimum absolute atomic E-state index is 0.335. The summed E-state index contributed by atoms with van der Waals surface area (Å²) in [6.07, 6.45) is 0. The smallest absolute Gasteiger partial charge is 0.0620 e. The van der Waals surface area contributed by atoms with E-state index < -0.39 is 23.8 Å². The van der Waals surface area contributed by atoms with Crippen molar-refractivity contribution in [3.05, 3.63) is 273 Å². The van der Waals surface area contributed by atoms with Crippen molar-refractivity contribution in [1.29, 1.82) is 0 Å². The Kier molecular flexibility index (Phi) is 19.9. The Balaban J connectivity index is 0.000000146. The molecule has 0 aliphatic rings. The van der Waals surface area contributed by atoms with Gasteiger partial charge in [0.25, 0.3) is 0 Å². The summed E-state index contributed by atoms with van der Waals surface area (Å²) < 4.78 is 0. The predicted molar refractivity (Wildman–Crippen MR) is 277 cm³/mol. The molecule has 0 bridgehead atoms. The third kappa shape index (κ3) is 13.9. The van der Waals surface area contributed by atoms with Crippen LogP contribution in [-0.2, 0) is 13.2 Å². The van der Waals surface area contributed by atoms with Crippen LogP contribution in [0.5, 0.6) is 0 Å². The second kappa shape index (κ2) is 26.2. The first-order valence-corrected chi connectivity index (χ1v) is 32.2. The van der Waals surface area contributed by atoms with Crippen molar-refractivity contribution in [3.8, 4) is 0 Å². The third-order valence-electron chi connectivity index (χ3n) is 9.56. The first-order chi connectivity index (χ1) is 29.8. The van der Waals surface area contributed by atoms with E-state index in [-0.39, 0.29) is 0 Å². The molecule has 0 radical (unpaired) electrons. The largest absolute Gasteiger partial charge is 0.102 e. The fraction of sp³-hybridized carbons (Fsp3) is 0. The van der Waals surface area contributed by atoms with Crippen molar-refractivity contribution < 1.29 is 13.2 Å². The molecule has 0 amide bonds. The SMILES string of the molecule is [Br][Ru][Br].c1ccc([PH+](c2ccccc2)c2ccccc2)cc1.c1ccc([PH+](c2ccccc2)c2ccccc2)cc1.c1ccc([PH+](c2ccccc2)c2ccccc2)cc1. The Morgan fingerprint density at radius 3 is 0.350 bits per heavy atom. The molecular weight excluding hydrogens is 1000 g/mol. The second-order valence-electron chi connectivity index (χ2n) is 13.5. The van der Waals surface area contributed by atoms with E-state index in [2.05, 4.69) is 300 Å². The topological polar surface area (TPSA) is 0 Å². The van der Waals surface area contributed by atoms with Crippen LogP contribution < -0.4 is 47.7 Å². The average Bonchev–Trinajstić information content (AvgIpc) is 3.33. The maximum atomic E-state index is 3.15. The van der Waals surface area contributed by atoms with Crippen LogP contribution in [0, 0.1) is 0 Å². The number of halogens is 2. The number of hydrogen-bond acceptors (Lipinski definition) is 0. The van der Waals surface area contributed by atoms with Gasteiger partial charge in [-0.05, 0) is 109 Å². The molecule has 9 aromatic carbocycles. The summed E-state index contributed by atoms with van der Waals surface area (Å²) in [4.78, 5) is 0. The van der Waals surface area contributed by atoms with Crippen LogP contribution in [0.25, 0.3) is 0 Å². The van der Waals surface area contributed by atoms with E-state index in [9.17, 15) is 0 Å². The molecule has 0 fully saturated rings. The summed E-state index contributed by atoms with van der Waals surface area (Å²) in [5.41, 5.74) is 0. The maximum Gasteiger partial charge on any atom is 0.102 e. The van der Waals surface area contributed by atoms with Crippen LogP contribution in [0.3, 0.4) is 0 Å². The van der Waals surface area contributed by atoms with Gasteiger partial charge in [-0.2, -0.15) is 0 Å². The minimum Gasteiger partial charge on any atom is -0.0620 e. The van der Waals surface area contributed by atoms with Crippen LogP contribution in [0.1, 0.15) is 0 Å². The number of rotatable bonds is 9. The molecule has 0 spiro atoms. The van der Waals surface area contributed by atoms with Gasteiger partial charge in [0.1, 0.15) is 47.7 Å². The second-order valence-corrected chi connectivity index (χ2v) is 28.9. The molecule has 60 heavy (non-hydrogen) atoms. The van der Waals surface area contributed by atoms with Crippen molar-refractivity contribution >= 4 is 98.8 Å². The molecule has 0 saturated heterocycles. The van der Waals surface area contributed by atoms with Crippen molar-refractivity contribution in [3.63, 3.8) is 0 Å². The summed E-state index contributed by atoms with van der Waals surface area (Å²) in [5.74, 6) is 0. The van der Waals surface area contributed by atoms with Crippen molar-refractivity contribution in [2.75, 3.05) is 0 Å². The molecule has 298 valence electrons. The van der Waals surface area contributed by atoms with Crippen LogP contribution >= 0.6 is 51.0 Å². The first-order valence-electron chi connectivity index (χ1n) is 19.7. The summed E-state index contributed by atoms with van der Waals surface area (Å²) >= 11 is 6.64. The molecule has 0 aromatic heterocycles. The standard InChI is InChI=1S/3C18H15P.2BrH.Ru/c3*1-4-10-16(11-5-1)19(17-12-6-2-7-13-17)18-14-8-3-9-15-18;;;/h3*1-15H;2*1H;/q;;;;;+2/p+1. The molecule has 9 aromatic rings. The Morgan fingerprint density at radius 1 is 0.183 bits per heavy atom. The fourth-order valence-corrected chi connectivity index (χ4v) is 14.7. The quantitative estimate of drug-likeness (QED) is 0.0998. The van der Waals surface area contributed by atoms with Gasteiger partial charge in [0.15, 0.2) is 0 Å². The zero-order valence-corrected chi connectivity index (χ0v) is 41.0. The average molecular weight is 1050 g/mol.